The third kappa shape index (κ3) is 5.67. The lowest BCUT2D eigenvalue weighted by molar-refractivity contribution is 0.0943. The van der Waals surface area contributed by atoms with Gasteiger partial charge in [-0.05, 0) is 62.7 Å². The van der Waals surface area contributed by atoms with Gasteiger partial charge in [-0.25, -0.2) is 9.97 Å². The Hall–Kier alpha value is -2.19. The van der Waals surface area contributed by atoms with Crippen molar-refractivity contribution in [2.24, 2.45) is 0 Å². The maximum Gasteiger partial charge on any atom is 0.269 e. The minimum Gasteiger partial charge on any atom is -0.359 e. The van der Waals surface area contributed by atoms with Crippen molar-refractivity contribution in [2.45, 2.75) is 43.6 Å². The van der Waals surface area contributed by atoms with E-state index in [9.17, 15) is 4.79 Å². The fraction of sp³-hybridized carbons (Fsp3) is 0.333. The molecule has 1 heterocycles. The number of hydrogen-bond acceptors (Lipinski definition) is 5. The summed E-state index contributed by atoms with van der Waals surface area (Å²) < 4.78 is 0. The number of rotatable bonds is 5. The molecule has 0 aliphatic heterocycles. The Morgan fingerprint density at radius 2 is 1.81 bits per heavy atom. The van der Waals surface area contributed by atoms with Crippen LogP contribution in [0.5, 0.6) is 0 Å². The number of aromatic nitrogens is 2. The maximum atomic E-state index is 12.1. The van der Waals surface area contributed by atoms with Gasteiger partial charge in [0.2, 0.25) is 0 Å². The molecule has 0 radical (unpaired) electrons. The molecule has 1 aromatic carbocycles. The van der Waals surface area contributed by atoms with Gasteiger partial charge in [0.15, 0.2) is 10.3 Å². The summed E-state index contributed by atoms with van der Waals surface area (Å²) in [6.45, 7) is 3.93. The molecule has 1 aromatic heterocycles. The smallest absolute Gasteiger partial charge is 0.269 e. The topological polar surface area (TPSA) is 78.9 Å². The van der Waals surface area contributed by atoms with Gasteiger partial charge in [-0.1, -0.05) is 23.9 Å². The van der Waals surface area contributed by atoms with E-state index in [2.05, 4.69) is 26.1 Å². The van der Waals surface area contributed by atoms with Crippen LogP contribution in [0.2, 0.25) is 0 Å². The molecule has 136 valence electrons. The number of benzene rings is 1. The molecule has 3 N–H and O–H groups in total. The van der Waals surface area contributed by atoms with Crippen LogP contribution in [0.1, 0.15) is 40.2 Å². The first-order valence-corrected chi connectivity index (χ1v) is 9.80. The Kier molecular flexibility index (Phi) is 6.05. The first-order chi connectivity index (χ1) is 12.5. The van der Waals surface area contributed by atoms with Crippen molar-refractivity contribution in [3.63, 3.8) is 0 Å². The number of hydrogen-bond donors (Lipinski definition) is 3. The average Bonchev–Trinajstić information content (AvgIpc) is 3.41. The van der Waals surface area contributed by atoms with E-state index < -0.39 is 0 Å². The van der Waals surface area contributed by atoms with Gasteiger partial charge >= 0.3 is 0 Å². The maximum absolute atomic E-state index is 12.1. The number of thiocarbonyl (C=S) groups is 1. The summed E-state index contributed by atoms with van der Waals surface area (Å²) in [6.07, 6.45) is 2.25. The average molecular weight is 388 g/mol. The molecule has 1 amide bonds. The van der Waals surface area contributed by atoms with Gasteiger partial charge in [-0.2, -0.15) is 0 Å². The van der Waals surface area contributed by atoms with Crippen LogP contribution in [0.4, 0.5) is 0 Å². The van der Waals surface area contributed by atoms with Crippen LogP contribution in [-0.4, -0.2) is 27.0 Å². The predicted octanol–water partition coefficient (Wildman–Crippen LogP) is 2.66. The summed E-state index contributed by atoms with van der Waals surface area (Å²) in [4.78, 5) is 21.0. The van der Waals surface area contributed by atoms with Gasteiger partial charge in [-0.3, -0.25) is 15.6 Å². The first-order valence-electron chi connectivity index (χ1n) is 8.40. The Morgan fingerprint density at radius 1 is 1.15 bits per heavy atom. The summed E-state index contributed by atoms with van der Waals surface area (Å²) in [5.41, 5.74) is 8.94. The zero-order valence-electron chi connectivity index (χ0n) is 14.7. The van der Waals surface area contributed by atoms with E-state index in [4.69, 9.17) is 12.2 Å². The number of aryl methyl sites for hydroxylation is 2. The van der Waals surface area contributed by atoms with Crippen LogP contribution in [-0.2, 0) is 5.75 Å². The lowest BCUT2D eigenvalue weighted by Crippen LogP contribution is -2.47. The van der Waals surface area contributed by atoms with Crippen molar-refractivity contribution in [3.8, 4) is 0 Å². The Morgan fingerprint density at radius 3 is 2.42 bits per heavy atom. The molecule has 8 heteroatoms. The normalized spacial score (nSPS) is 13.2. The van der Waals surface area contributed by atoms with Crippen molar-refractivity contribution in [2.75, 3.05) is 0 Å². The molecule has 0 unspecified atom stereocenters. The second kappa shape index (κ2) is 8.46. The van der Waals surface area contributed by atoms with Gasteiger partial charge in [-0.15, -0.1) is 0 Å². The summed E-state index contributed by atoms with van der Waals surface area (Å²) in [5, 5.41) is 4.32. The second-order valence-corrected chi connectivity index (χ2v) is 7.60. The van der Waals surface area contributed by atoms with E-state index in [0.717, 1.165) is 40.7 Å². The molecule has 1 fully saturated rings. The van der Waals surface area contributed by atoms with E-state index in [1.165, 1.54) is 0 Å². The van der Waals surface area contributed by atoms with Crippen LogP contribution >= 0.6 is 24.0 Å². The second-order valence-electron chi connectivity index (χ2n) is 6.25. The number of carbonyl (C=O) groups excluding carboxylic acids is 1. The highest BCUT2D eigenvalue weighted by Crippen LogP contribution is 2.20. The highest BCUT2D eigenvalue weighted by atomic mass is 32.2. The summed E-state index contributed by atoms with van der Waals surface area (Å²) in [7, 11) is 0. The van der Waals surface area contributed by atoms with E-state index in [-0.39, 0.29) is 5.91 Å². The van der Waals surface area contributed by atoms with E-state index in [1.54, 1.807) is 23.9 Å². The standard InChI is InChI=1S/C18H21N5OS2/c1-11-9-12(2)20-18(19-11)26-10-13-3-5-14(6-4-13)16(24)22-23-17(25)21-15-7-8-15/h3-6,9,15H,7-8,10H2,1-2H3,(H,22,24)(H2,21,23,25). The first kappa shape index (κ1) is 18.6. The van der Waals surface area contributed by atoms with Crippen molar-refractivity contribution in [3.05, 3.63) is 52.8 Å². The van der Waals surface area contributed by atoms with Crippen LogP contribution in [0.15, 0.2) is 35.5 Å². The lowest BCUT2D eigenvalue weighted by Gasteiger charge is -2.11. The molecule has 0 bridgehead atoms. The van der Waals surface area contributed by atoms with Crippen molar-refractivity contribution in [1.29, 1.82) is 0 Å². The summed E-state index contributed by atoms with van der Waals surface area (Å²) in [6, 6.07) is 9.87. The van der Waals surface area contributed by atoms with Gasteiger partial charge in [0.05, 0.1) is 0 Å². The SMILES string of the molecule is Cc1cc(C)nc(SCc2ccc(C(=O)NNC(=S)NC3CC3)cc2)n1. The number of nitrogens with zero attached hydrogens (tertiary/aromatic N) is 2. The zero-order chi connectivity index (χ0) is 18.5. The fourth-order valence-electron chi connectivity index (χ4n) is 2.29. The Balaban J connectivity index is 1.49. The van der Waals surface area contributed by atoms with E-state index in [1.807, 2.05) is 32.0 Å². The summed E-state index contributed by atoms with van der Waals surface area (Å²) >= 11 is 6.69. The molecular formula is C18H21N5OS2. The van der Waals surface area contributed by atoms with E-state index in [0.29, 0.717) is 16.7 Å². The molecule has 2 aromatic rings. The molecule has 1 saturated carbocycles. The number of nitrogens with one attached hydrogen (secondary N) is 3. The number of hydrazine groups is 1. The Labute approximate surface area is 162 Å². The number of thioether (sulfide) groups is 1. The van der Waals surface area contributed by atoms with E-state index >= 15 is 0 Å². The van der Waals surface area contributed by atoms with Crippen LogP contribution < -0.4 is 16.2 Å². The van der Waals surface area contributed by atoms with Crippen molar-refractivity contribution >= 4 is 35.0 Å². The van der Waals surface area contributed by atoms with Crippen molar-refractivity contribution < 1.29 is 4.79 Å². The Bertz CT molecular complexity index is 785. The molecule has 3 rings (SSSR count). The minimum atomic E-state index is -0.221. The number of amides is 1. The quantitative estimate of drug-likeness (QED) is 0.315. The van der Waals surface area contributed by atoms with Crippen LogP contribution in [0.3, 0.4) is 0 Å². The molecule has 0 atom stereocenters. The third-order valence-electron chi connectivity index (χ3n) is 3.75. The predicted molar refractivity (Wildman–Crippen MR) is 107 cm³/mol. The van der Waals surface area contributed by atoms with Gasteiger partial charge in [0.1, 0.15) is 0 Å². The molecule has 1 aliphatic rings. The van der Waals surface area contributed by atoms with Crippen molar-refractivity contribution in [1.82, 2.24) is 26.1 Å². The lowest BCUT2D eigenvalue weighted by atomic mass is 10.1. The fourth-order valence-corrected chi connectivity index (χ4v) is 3.42. The molecular weight excluding hydrogens is 366 g/mol. The van der Waals surface area contributed by atoms with Crippen LogP contribution in [0, 0.1) is 13.8 Å². The van der Waals surface area contributed by atoms with Gasteiger partial charge in [0, 0.05) is 28.7 Å². The molecule has 6 nitrogen and oxygen atoms in total. The summed E-state index contributed by atoms with van der Waals surface area (Å²) in [5.74, 6) is 0.528. The monoisotopic (exact) mass is 387 g/mol. The van der Waals surface area contributed by atoms with Gasteiger partial charge in [0.25, 0.3) is 5.91 Å². The van der Waals surface area contributed by atoms with Gasteiger partial charge < -0.3 is 5.32 Å². The minimum absolute atomic E-state index is 0.221. The third-order valence-corrected chi connectivity index (χ3v) is 4.89. The number of carbonyl (C=O) groups is 1. The molecule has 1 aliphatic carbocycles. The largest absolute Gasteiger partial charge is 0.359 e. The highest BCUT2D eigenvalue weighted by molar-refractivity contribution is 7.98. The zero-order valence-corrected chi connectivity index (χ0v) is 16.3. The highest BCUT2D eigenvalue weighted by Gasteiger charge is 2.21. The molecule has 0 spiro atoms. The molecule has 0 saturated heterocycles. The molecule has 26 heavy (non-hydrogen) atoms. The van der Waals surface area contributed by atoms with Crippen LogP contribution in [0.25, 0.3) is 0 Å².